The summed E-state index contributed by atoms with van der Waals surface area (Å²) < 4.78 is 0. The minimum absolute atomic E-state index is 0.105. The van der Waals surface area contributed by atoms with Crippen molar-refractivity contribution in [1.82, 2.24) is 5.32 Å². The third kappa shape index (κ3) is 7.97. The zero-order chi connectivity index (χ0) is 11.0. The van der Waals surface area contributed by atoms with Crippen molar-refractivity contribution >= 4 is 5.91 Å². The van der Waals surface area contributed by atoms with Crippen LogP contribution in [-0.2, 0) is 4.79 Å². The van der Waals surface area contributed by atoms with Crippen molar-refractivity contribution in [2.24, 2.45) is 5.73 Å². The summed E-state index contributed by atoms with van der Waals surface area (Å²) in [4.78, 5) is 11.1. The highest BCUT2D eigenvalue weighted by Crippen LogP contribution is 1.97. The molecule has 0 saturated carbocycles. The van der Waals surface area contributed by atoms with Crippen LogP contribution in [0.25, 0.3) is 0 Å². The Balaban J connectivity index is 3.37. The number of amides is 1. The van der Waals surface area contributed by atoms with Crippen molar-refractivity contribution < 1.29 is 15.0 Å². The first kappa shape index (κ1) is 13.4. The largest absolute Gasteiger partial charge is 0.394 e. The standard InChI is InChI=1S/C9H20N2O3/c1-7(10)3-2-4-9(14)11-5-8(13)6-12/h7-8,12-13H,2-6,10H2,1H3,(H,11,14). The number of aliphatic hydroxyl groups excluding tert-OH is 2. The summed E-state index contributed by atoms with van der Waals surface area (Å²) in [6.45, 7) is 1.67. The molecule has 0 rings (SSSR count). The van der Waals surface area contributed by atoms with Gasteiger partial charge < -0.3 is 21.3 Å². The van der Waals surface area contributed by atoms with Crippen molar-refractivity contribution in [3.05, 3.63) is 0 Å². The monoisotopic (exact) mass is 204 g/mol. The molecular weight excluding hydrogens is 184 g/mol. The number of hydrogen-bond acceptors (Lipinski definition) is 4. The van der Waals surface area contributed by atoms with Gasteiger partial charge in [0.25, 0.3) is 0 Å². The van der Waals surface area contributed by atoms with Crippen LogP contribution in [0.4, 0.5) is 0 Å². The normalized spacial score (nSPS) is 14.9. The lowest BCUT2D eigenvalue weighted by Gasteiger charge is -2.09. The molecule has 0 aliphatic carbocycles. The lowest BCUT2D eigenvalue weighted by molar-refractivity contribution is -0.121. The molecule has 2 unspecified atom stereocenters. The number of aliphatic hydroxyl groups is 2. The van der Waals surface area contributed by atoms with Gasteiger partial charge in [0.1, 0.15) is 0 Å². The molecule has 0 aliphatic rings. The Labute approximate surface area is 84.3 Å². The van der Waals surface area contributed by atoms with Gasteiger partial charge in [0.05, 0.1) is 12.7 Å². The third-order valence-corrected chi connectivity index (χ3v) is 1.81. The Morgan fingerprint density at radius 1 is 1.57 bits per heavy atom. The average Bonchev–Trinajstić information content (AvgIpc) is 2.13. The van der Waals surface area contributed by atoms with Crippen molar-refractivity contribution in [1.29, 1.82) is 0 Å². The molecule has 0 spiro atoms. The Morgan fingerprint density at radius 3 is 2.71 bits per heavy atom. The number of nitrogens with two attached hydrogens (primary N) is 1. The van der Waals surface area contributed by atoms with Crippen LogP contribution in [0, 0.1) is 0 Å². The zero-order valence-electron chi connectivity index (χ0n) is 8.57. The highest BCUT2D eigenvalue weighted by molar-refractivity contribution is 5.75. The first-order valence-corrected chi connectivity index (χ1v) is 4.87. The lowest BCUT2D eigenvalue weighted by Crippen LogP contribution is -2.33. The molecule has 0 aromatic heterocycles. The number of rotatable bonds is 7. The molecule has 0 aromatic rings. The van der Waals surface area contributed by atoms with Crippen molar-refractivity contribution in [3.63, 3.8) is 0 Å². The molecule has 5 N–H and O–H groups in total. The third-order valence-electron chi connectivity index (χ3n) is 1.81. The van der Waals surface area contributed by atoms with Gasteiger partial charge in [-0.05, 0) is 19.8 Å². The van der Waals surface area contributed by atoms with E-state index in [4.69, 9.17) is 15.9 Å². The van der Waals surface area contributed by atoms with Gasteiger partial charge in [0.15, 0.2) is 0 Å². The summed E-state index contributed by atoms with van der Waals surface area (Å²) in [6, 6.07) is 0.117. The van der Waals surface area contributed by atoms with Crippen molar-refractivity contribution in [2.45, 2.75) is 38.3 Å². The molecule has 1 amide bonds. The van der Waals surface area contributed by atoms with E-state index in [9.17, 15) is 4.79 Å². The smallest absolute Gasteiger partial charge is 0.220 e. The maximum Gasteiger partial charge on any atom is 0.220 e. The summed E-state index contributed by atoms with van der Waals surface area (Å²) >= 11 is 0. The zero-order valence-corrected chi connectivity index (χ0v) is 8.57. The topological polar surface area (TPSA) is 95.6 Å². The molecular formula is C9H20N2O3. The molecule has 0 heterocycles. The van der Waals surface area contributed by atoms with Gasteiger partial charge >= 0.3 is 0 Å². The van der Waals surface area contributed by atoms with E-state index in [-0.39, 0.29) is 25.1 Å². The highest BCUT2D eigenvalue weighted by Gasteiger charge is 2.05. The maximum absolute atomic E-state index is 11.1. The second-order valence-corrected chi connectivity index (χ2v) is 3.51. The molecule has 5 nitrogen and oxygen atoms in total. The van der Waals surface area contributed by atoms with Gasteiger partial charge in [-0.1, -0.05) is 0 Å². The van der Waals surface area contributed by atoms with Gasteiger partial charge in [0.2, 0.25) is 5.91 Å². The van der Waals surface area contributed by atoms with Crippen molar-refractivity contribution in [3.8, 4) is 0 Å². The van der Waals surface area contributed by atoms with Gasteiger partial charge in [0, 0.05) is 19.0 Å². The van der Waals surface area contributed by atoms with E-state index in [1.54, 1.807) is 0 Å². The van der Waals surface area contributed by atoms with Gasteiger partial charge in [-0.3, -0.25) is 4.79 Å². The van der Waals surface area contributed by atoms with E-state index in [1.807, 2.05) is 6.92 Å². The predicted octanol–water partition coefficient (Wildman–Crippen LogP) is -1.03. The van der Waals surface area contributed by atoms with Crippen LogP contribution in [0.1, 0.15) is 26.2 Å². The summed E-state index contributed by atoms with van der Waals surface area (Å²) in [5.74, 6) is -0.113. The van der Waals surface area contributed by atoms with Crippen LogP contribution in [-0.4, -0.2) is 41.4 Å². The van der Waals surface area contributed by atoms with E-state index in [0.717, 1.165) is 12.8 Å². The molecule has 14 heavy (non-hydrogen) atoms. The SMILES string of the molecule is CC(N)CCCC(=O)NCC(O)CO. The van der Waals surface area contributed by atoms with E-state index in [2.05, 4.69) is 5.32 Å². The number of hydrogen-bond donors (Lipinski definition) is 4. The Bertz CT molecular complexity index is 162. The van der Waals surface area contributed by atoms with E-state index < -0.39 is 6.10 Å². The van der Waals surface area contributed by atoms with Crippen LogP contribution in [0.3, 0.4) is 0 Å². The fraction of sp³-hybridized carbons (Fsp3) is 0.889. The van der Waals surface area contributed by atoms with Crippen molar-refractivity contribution in [2.75, 3.05) is 13.2 Å². The Hall–Kier alpha value is -0.650. The number of nitrogens with one attached hydrogen (secondary N) is 1. The number of carbonyl (C=O) groups excluding carboxylic acids is 1. The molecule has 0 fully saturated rings. The predicted molar refractivity (Wildman–Crippen MR) is 53.6 cm³/mol. The summed E-state index contributed by atoms with van der Waals surface area (Å²) in [5.41, 5.74) is 5.52. The molecule has 5 heteroatoms. The molecule has 0 radical (unpaired) electrons. The van der Waals surface area contributed by atoms with Crippen LogP contribution >= 0.6 is 0 Å². The minimum atomic E-state index is -0.868. The Kier molecular flexibility index (Phi) is 7.37. The quantitative estimate of drug-likeness (QED) is 0.426. The van der Waals surface area contributed by atoms with E-state index >= 15 is 0 Å². The van der Waals surface area contributed by atoms with Crippen LogP contribution in [0.2, 0.25) is 0 Å². The minimum Gasteiger partial charge on any atom is -0.394 e. The second-order valence-electron chi connectivity index (χ2n) is 3.51. The summed E-state index contributed by atoms with van der Waals surface area (Å²) in [7, 11) is 0. The molecule has 0 saturated heterocycles. The van der Waals surface area contributed by atoms with Crippen LogP contribution < -0.4 is 11.1 Å². The molecule has 2 atom stereocenters. The van der Waals surface area contributed by atoms with Gasteiger partial charge in [-0.15, -0.1) is 0 Å². The Morgan fingerprint density at radius 2 is 2.21 bits per heavy atom. The molecule has 84 valence electrons. The molecule has 0 aromatic carbocycles. The average molecular weight is 204 g/mol. The van der Waals surface area contributed by atoms with Crippen LogP contribution in [0.5, 0.6) is 0 Å². The fourth-order valence-corrected chi connectivity index (χ4v) is 0.969. The summed E-state index contributed by atoms with van der Waals surface area (Å²) in [5, 5.41) is 19.9. The van der Waals surface area contributed by atoms with E-state index in [1.165, 1.54) is 0 Å². The maximum atomic E-state index is 11.1. The van der Waals surface area contributed by atoms with Gasteiger partial charge in [-0.25, -0.2) is 0 Å². The second kappa shape index (κ2) is 7.73. The lowest BCUT2D eigenvalue weighted by atomic mass is 10.1. The summed E-state index contributed by atoms with van der Waals surface area (Å²) in [6.07, 6.45) is 1.11. The number of carbonyl (C=O) groups is 1. The van der Waals surface area contributed by atoms with Gasteiger partial charge in [-0.2, -0.15) is 0 Å². The molecule has 0 bridgehead atoms. The fourth-order valence-electron chi connectivity index (χ4n) is 0.969. The first-order chi connectivity index (χ1) is 6.56. The van der Waals surface area contributed by atoms with E-state index in [0.29, 0.717) is 6.42 Å². The molecule has 0 aliphatic heterocycles. The first-order valence-electron chi connectivity index (χ1n) is 4.87. The highest BCUT2D eigenvalue weighted by atomic mass is 16.3. The van der Waals surface area contributed by atoms with Crippen LogP contribution in [0.15, 0.2) is 0 Å².